The maximum atomic E-state index is 10.8. The van der Waals surface area contributed by atoms with Crippen molar-refractivity contribution in [1.29, 1.82) is 0 Å². The molecule has 1 aromatic carbocycles. The van der Waals surface area contributed by atoms with Crippen molar-refractivity contribution in [2.45, 2.75) is 6.92 Å². The summed E-state index contributed by atoms with van der Waals surface area (Å²) in [5, 5.41) is 15.3. The molecule has 0 aliphatic heterocycles. The molecule has 2 aromatic heterocycles. The van der Waals surface area contributed by atoms with Crippen LogP contribution in [0.1, 0.15) is 5.56 Å². The summed E-state index contributed by atoms with van der Waals surface area (Å²) < 4.78 is 0. The van der Waals surface area contributed by atoms with Gasteiger partial charge in [0.25, 0.3) is 0 Å². The van der Waals surface area contributed by atoms with Crippen molar-refractivity contribution in [2.24, 2.45) is 0 Å². The van der Waals surface area contributed by atoms with Crippen molar-refractivity contribution < 1.29 is 9.90 Å². The standard InChI is InChI=1S/C18H16ClN5O2/c1-11-5-4-6-12(19)17(11)23-15-9-14(13-7-2-3-8-20-13)22-18(24-15)21-10-16(25)26/h2-9H,10H2,1H3,(H,25,26)(H2,21,22,23,24). The highest BCUT2D eigenvalue weighted by molar-refractivity contribution is 6.33. The van der Waals surface area contributed by atoms with E-state index in [1.165, 1.54) is 0 Å². The number of carboxylic acid groups (broad SMARTS) is 1. The quantitative estimate of drug-likeness (QED) is 0.608. The Morgan fingerprint density at radius 3 is 2.69 bits per heavy atom. The molecule has 3 N–H and O–H groups in total. The zero-order valence-electron chi connectivity index (χ0n) is 13.9. The Hall–Kier alpha value is -3.19. The molecule has 0 atom stereocenters. The molecule has 26 heavy (non-hydrogen) atoms. The number of carbonyl (C=O) groups is 1. The normalized spacial score (nSPS) is 10.4. The zero-order valence-corrected chi connectivity index (χ0v) is 14.7. The fourth-order valence-corrected chi connectivity index (χ4v) is 2.58. The molecule has 0 spiro atoms. The Labute approximate surface area is 155 Å². The molecule has 0 unspecified atom stereocenters. The summed E-state index contributed by atoms with van der Waals surface area (Å²) in [5.74, 6) is -0.346. The van der Waals surface area contributed by atoms with E-state index in [4.69, 9.17) is 16.7 Å². The third-order valence-corrected chi connectivity index (χ3v) is 3.84. The van der Waals surface area contributed by atoms with Gasteiger partial charge in [-0.25, -0.2) is 4.98 Å². The minimum atomic E-state index is -1.01. The molecule has 0 aliphatic carbocycles. The fraction of sp³-hybridized carbons (Fsp3) is 0.111. The third-order valence-electron chi connectivity index (χ3n) is 3.53. The number of nitrogens with zero attached hydrogens (tertiary/aromatic N) is 3. The van der Waals surface area contributed by atoms with Gasteiger partial charge in [-0.05, 0) is 30.7 Å². The molecule has 3 rings (SSSR count). The summed E-state index contributed by atoms with van der Waals surface area (Å²) in [4.78, 5) is 23.8. The highest BCUT2D eigenvalue weighted by atomic mass is 35.5. The first-order chi connectivity index (χ1) is 12.5. The van der Waals surface area contributed by atoms with E-state index in [1.807, 2.05) is 31.2 Å². The summed E-state index contributed by atoms with van der Waals surface area (Å²) in [5.41, 5.74) is 2.88. The van der Waals surface area contributed by atoms with E-state index in [1.54, 1.807) is 24.4 Å². The Balaban J connectivity index is 2.00. The minimum absolute atomic E-state index is 0.183. The second-order valence-corrected chi connectivity index (χ2v) is 5.89. The van der Waals surface area contributed by atoms with Gasteiger partial charge in [-0.3, -0.25) is 9.78 Å². The third kappa shape index (κ3) is 4.25. The number of carboxylic acids is 1. The SMILES string of the molecule is Cc1cccc(Cl)c1Nc1cc(-c2ccccn2)nc(NCC(=O)O)n1. The summed E-state index contributed by atoms with van der Waals surface area (Å²) >= 11 is 6.27. The van der Waals surface area contributed by atoms with Crippen molar-refractivity contribution >= 4 is 35.0 Å². The lowest BCUT2D eigenvalue weighted by atomic mass is 10.2. The van der Waals surface area contributed by atoms with E-state index < -0.39 is 5.97 Å². The fourth-order valence-electron chi connectivity index (χ4n) is 2.31. The zero-order chi connectivity index (χ0) is 18.5. The maximum Gasteiger partial charge on any atom is 0.322 e. The molecule has 8 heteroatoms. The van der Waals surface area contributed by atoms with E-state index in [-0.39, 0.29) is 12.5 Å². The molecular formula is C18H16ClN5O2. The number of aryl methyl sites for hydroxylation is 1. The smallest absolute Gasteiger partial charge is 0.322 e. The lowest BCUT2D eigenvalue weighted by Crippen LogP contribution is -2.15. The van der Waals surface area contributed by atoms with Crippen LogP contribution in [0.3, 0.4) is 0 Å². The summed E-state index contributed by atoms with van der Waals surface area (Å²) in [6.07, 6.45) is 1.66. The largest absolute Gasteiger partial charge is 0.480 e. The van der Waals surface area contributed by atoms with Gasteiger partial charge in [0.15, 0.2) is 0 Å². The maximum absolute atomic E-state index is 10.8. The highest BCUT2D eigenvalue weighted by Crippen LogP contribution is 2.29. The van der Waals surface area contributed by atoms with E-state index in [0.717, 1.165) is 11.3 Å². The number of aromatic nitrogens is 3. The van der Waals surface area contributed by atoms with Gasteiger partial charge in [-0.15, -0.1) is 0 Å². The number of para-hydroxylation sites is 1. The average Bonchev–Trinajstić information content (AvgIpc) is 2.64. The van der Waals surface area contributed by atoms with Crippen LogP contribution in [0.5, 0.6) is 0 Å². The van der Waals surface area contributed by atoms with Gasteiger partial charge >= 0.3 is 5.97 Å². The van der Waals surface area contributed by atoms with Crippen molar-refractivity contribution in [1.82, 2.24) is 15.0 Å². The van der Waals surface area contributed by atoms with Gasteiger partial charge in [-0.2, -0.15) is 4.98 Å². The predicted octanol–water partition coefficient (Wildman–Crippen LogP) is 3.74. The molecule has 0 saturated heterocycles. The van der Waals surface area contributed by atoms with E-state index >= 15 is 0 Å². The molecular weight excluding hydrogens is 354 g/mol. The summed E-state index contributed by atoms with van der Waals surface area (Å²) in [7, 11) is 0. The van der Waals surface area contributed by atoms with E-state index in [9.17, 15) is 4.79 Å². The number of anilines is 3. The summed E-state index contributed by atoms with van der Waals surface area (Å²) in [6, 6.07) is 12.8. The van der Waals surface area contributed by atoms with Crippen molar-refractivity contribution in [3.8, 4) is 11.4 Å². The number of hydrogen-bond acceptors (Lipinski definition) is 6. The van der Waals surface area contributed by atoms with Gasteiger partial charge in [0, 0.05) is 12.3 Å². The average molecular weight is 370 g/mol. The van der Waals surface area contributed by atoms with Gasteiger partial charge in [0.05, 0.1) is 22.1 Å². The van der Waals surface area contributed by atoms with Crippen molar-refractivity contribution in [3.63, 3.8) is 0 Å². The van der Waals surface area contributed by atoms with Crippen LogP contribution in [0.15, 0.2) is 48.7 Å². The second-order valence-electron chi connectivity index (χ2n) is 5.48. The lowest BCUT2D eigenvalue weighted by molar-refractivity contribution is -0.134. The molecule has 2 heterocycles. The Morgan fingerprint density at radius 1 is 1.15 bits per heavy atom. The Morgan fingerprint density at radius 2 is 2.00 bits per heavy atom. The van der Waals surface area contributed by atoms with Crippen molar-refractivity contribution in [3.05, 3.63) is 59.2 Å². The Kier molecular flexibility index (Phi) is 5.28. The first-order valence-electron chi connectivity index (χ1n) is 7.81. The number of hydrogen-bond donors (Lipinski definition) is 3. The van der Waals surface area contributed by atoms with E-state index in [0.29, 0.717) is 22.2 Å². The van der Waals surface area contributed by atoms with Crippen LogP contribution in [-0.4, -0.2) is 32.6 Å². The van der Waals surface area contributed by atoms with Gasteiger partial charge in [-0.1, -0.05) is 29.8 Å². The Bertz CT molecular complexity index is 914. The molecule has 7 nitrogen and oxygen atoms in total. The number of benzene rings is 1. The number of nitrogens with one attached hydrogen (secondary N) is 2. The first kappa shape index (κ1) is 17.6. The van der Waals surface area contributed by atoms with Crippen molar-refractivity contribution in [2.75, 3.05) is 17.2 Å². The van der Waals surface area contributed by atoms with Gasteiger partial charge in [0.2, 0.25) is 5.95 Å². The topological polar surface area (TPSA) is 100 Å². The van der Waals surface area contributed by atoms with Crippen LogP contribution in [-0.2, 0) is 4.79 Å². The molecule has 3 aromatic rings. The van der Waals surface area contributed by atoms with Crippen LogP contribution in [0.25, 0.3) is 11.4 Å². The van der Waals surface area contributed by atoms with Crippen LogP contribution in [0.4, 0.5) is 17.5 Å². The molecule has 0 saturated carbocycles. The number of halogens is 1. The molecule has 0 bridgehead atoms. The summed E-state index contributed by atoms with van der Waals surface area (Å²) in [6.45, 7) is 1.63. The van der Waals surface area contributed by atoms with Crippen LogP contribution in [0.2, 0.25) is 5.02 Å². The monoisotopic (exact) mass is 369 g/mol. The van der Waals surface area contributed by atoms with Gasteiger partial charge in [0.1, 0.15) is 12.4 Å². The van der Waals surface area contributed by atoms with Gasteiger partial charge < -0.3 is 15.7 Å². The molecule has 0 aliphatic rings. The van der Waals surface area contributed by atoms with Crippen LogP contribution >= 0.6 is 11.6 Å². The first-order valence-corrected chi connectivity index (χ1v) is 8.19. The number of pyridine rings is 1. The minimum Gasteiger partial charge on any atom is -0.480 e. The lowest BCUT2D eigenvalue weighted by Gasteiger charge is -2.13. The molecule has 0 radical (unpaired) electrons. The van der Waals surface area contributed by atoms with E-state index in [2.05, 4.69) is 25.6 Å². The van der Waals surface area contributed by atoms with Crippen LogP contribution < -0.4 is 10.6 Å². The predicted molar refractivity (Wildman–Crippen MR) is 101 cm³/mol. The molecule has 0 amide bonds. The highest BCUT2D eigenvalue weighted by Gasteiger charge is 2.11. The number of rotatable bonds is 6. The molecule has 0 fully saturated rings. The molecule has 132 valence electrons. The van der Waals surface area contributed by atoms with Crippen LogP contribution in [0, 0.1) is 6.92 Å². The second kappa shape index (κ2) is 7.79. The number of aliphatic carboxylic acids is 1.